The number of hydrogen-bond donors (Lipinski definition) is 1. The second-order valence-electron chi connectivity index (χ2n) is 5.50. The summed E-state index contributed by atoms with van der Waals surface area (Å²) in [7, 11) is 0. The van der Waals surface area contributed by atoms with Crippen molar-refractivity contribution in [2.75, 3.05) is 26.2 Å². The summed E-state index contributed by atoms with van der Waals surface area (Å²) in [5, 5.41) is 3.65. The third-order valence-corrected chi connectivity index (χ3v) is 4.42. The minimum absolute atomic E-state index is 0.0142. The molecule has 20 heavy (non-hydrogen) atoms. The SMILES string of the molecule is O=C(NCc1ccccc1Cl)N1CCN(C2CC2)CC1. The lowest BCUT2D eigenvalue weighted by Gasteiger charge is -2.34. The standard InChI is InChI=1S/C15H20ClN3O/c16-14-4-2-1-3-12(14)11-17-15(20)19-9-7-18(8-10-19)13-5-6-13/h1-4,13H,5-11H2,(H,17,20). The summed E-state index contributed by atoms with van der Waals surface area (Å²) in [6.45, 7) is 4.14. The molecule has 0 atom stereocenters. The molecule has 1 saturated heterocycles. The first-order valence-corrected chi connectivity index (χ1v) is 7.62. The fourth-order valence-corrected chi connectivity index (χ4v) is 2.86. The second kappa shape index (κ2) is 6.02. The highest BCUT2D eigenvalue weighted by Crippen LogP contribution is 2.27. The van der Waals surface area contributed by atoms with E-state index in [9.17, 15) is 4.79 Å². The van der Waals surface area contributed by atoms with Crippen LogP contribution in [-0.2, 0) is 6.54 Å². The third-order valence-electron chi connectivity index (χ3n) is 4.05. The van der Waals surface area contributed by atoms with Gasteiger partial charge in [-0.2, -0.15) is 0 Å². The summed E-state index contributed by atoms with van der Waals surface area (Å²) in [5.41, 5.74) is 0.958. The predicted octanol–water partition coefficient (Wildman–Crippen LogP) is 2.33. The molecule has 1 aromatic rings. The van der Waals surface area contributed by atoms with E-state index >= 15 is 0 Å². The molecule has 1 aromatic carbocycles. The van der Waals surface area contributed by atoms with Gasteiger partial charge in [-0.3, -0.25) is 4.90 Å². The molecule has 2 fully saturated rings. The van der Waals surface area contributed by atoms with Gasteiger partial charge in [0.2, 0.25) is 0 Å². The summed E-state index contributed by atoms with van der Waals surface area (Å²) >= 11 is 6.08. The first-order valence-electron chi connectivity index (χ1n) is 7.24. The van der Waals surface area contributed by atoms with Crippen molar-refractivity contribution in [1.82, 2.24) is 15.1 Å². The van der Waals surface area contributed by atoms with Crippen LogP contribution in [0.3, 0.4) is 0 Å². The summed E-state index contributed by atoms with van der Waals surface area (Å²) in [4.78, 5) is 16.5. The van der Waals surface area contributed by atoms with Crippen molar-refractivity contribution in [3.63, 3.8) is 0 Å². The summed E-state index contributed by atoms with van der Waals surface area (Å²) in [5.74, 6) is 0. The fraction of sp³-hybridized carbons (Fsp3) is 0.533. The maximum Gasteiger partial charge on any atom is 0.317 e. The van der Waals surface area contributed by atoms with Gasteiger partial charge in [-0.05, 0) is 24.5 Å². The zero-order valence-electron chi connectivity index (χ0n) is 11.5. The Bertz CT molecular complexity index is 482. The van der Waals surface area contributed by atoms with E-state index in [2.05, 4.69) is 10.2 Å². The quantitative estimate of drug-likeness (QED) is 0.928. The summed E-state index contributed by atoms with van der Waals surface area (Å²) in [6, 6.07) is 8.42. The lowest BCUT2D eigenvalue weighted by atomic mass is 10.2. The van der Waals surface area contributed by atoms with Gasteiger partial charge in [0.15, 0.2) is 0 Å². The average Bonchev–Trinajstić information content (AvgIpc) is 3.31. The van der Waals surface area contributed by atoms with Gasteiger partial charge < -0.3 is 10.2 Å². The van der Waals surface area contributed by atoms with Crippen LogP contribution in [-0.4, -0.2) is 48.1 Å². The van der Waals surface area contributed by atoms with Crippen LogP contribution in [0.4, 0.5) is 4.79 Å². The number of rotatable bonds is 3. The Morgan fingerprint density at radius 1 is 1.20 bits per heavy atom. The molecule has 2 amide bonds. The minimum Gasteiger partial charge on any atom is -0.334 e. The minimum atomic E-state index is 0.0142. The number of carbonyl (C=O) groups is 1. The van der Waals surface area contributed by atoms with Gasteiger partial charge in [-0.15, -0.1) is 0 Å². The van der Waals surface area contributed by atoms with Crippen molar-refractivity contribution in [3.8, 4) is 0 Å². The van der Waals surface area contributed by atoms with Gasteiger partial charge >= 0.3 is 6.03 Å². The molecule has 0 bridgehead atoms. The van der Waals surface area contributed by atoms with Crippen LogP contribution < -0.4 is 5.32 Å². The highest BCUT2D eigenvalue weighted by atomic mass is 35.5. The molecule has 0 spiro atoms. The van der Waals surface area contributed by atoms with E-state index in [1.807, 2.05) is 29.2 Å². The van der Waals surface area contributed by atoms with Gasteiger partial charge in [0.1, 0.15) is 0 Å². The van der Waals surface area contributed by atoms with E-state index in [1.165, 1.54) is 12.8 Å². The summed E-state index contributed by atoms with van der Waals surface area (Å²) in [6.07, 6.45) is 2.66. The molecular weight excluding hydrogens is 274 g/mol. The van der Waals surface area contributed by atoms with Gasteiger partial charge in [-0.1, -0.05) is 29.8 Å². The van der Waals surface area contributed by atoms with Crippen LogP contribution >= 0.6 is 11.6 Å². The first kappa shape index (κ1) is 13.7. The Kier molecular flexibility index (Phi) is 4.13. The largest absolute Gasteiger partial charge is 0.334 e. The van der Waals surface area contributed by atoms with Crippen LogP contribution in [0.5, 0.6) is 0 Å². The molecule has 0 aromatic heterocycles. The van der Waals surface area contributed by atoms with Crippen LogP contribution in [0, 0.1) is 0 Å². The zero-order valence-corrected chi connectivity index (χ0v) is 12.3. The van der Waals surface area contributed by atoms with Crippen molar-refractivity contribution in [1.29, 1.82) is 0 Å². The monoisotopic (exact) mass is 293 g/mol. The molecular formula is C15H20ClN3O. The molecule has 1 aliphatic carbocycles. The van der Waals surface area contributed by atoms with E-state index < -0.39 is 0 Å². The number of benzene rings is 1. The van der Waals surface area contributed by atoms with Crippen molar-refractivity contribution in [3.05, 3.63) is 34.9 Å². The van der Waals surface area contributed by atoms with E-state index in [4.69, 9.17) is 11.6 Å². The van der Waals surface area contributed by atoms with Crippen molar-refractivity contribution in [2.24, 2.45) is 0 Å². The second-order valence-corrected chi connectivity index (χ2v) is 5.91. The Labute approximate surface area is 124 Å². The number of halogens is 1. The maximum absolute atomic E-state index is 12.1. The number of piperazine rings is 1. The van der Waals surface area contributed by atoms with Crippen molar-refractivity contribution >= 4 is 17.6 Å². The predicted molar refractivity (Wildman–Crippen MR) is 79.9 cm³/mol. The number of urea groups is 1. The average molecular weight is 294 g/mol. The lowest BCUT2D eigenvalue weighted by molar-refractivity contribution is 0.134. The zero-order chi connectivity index (χ0) is 13.9. The van der Waals surface area contributed by atoms with Gasteiger partial charge in [-0.25, -0.2) is 4.79 Å². The molecule has 5 heteroatoms. The Morgan fingerprint density at radius 3 is 2.55 bits per heavy atom. The number of nitrogens with one attached hydrogen (secondary N) is 1. The molecule has 1 aliphatic heterocycles. The van der Waals surface area contributed by atoms with Gasteiger partial charge in [0.05, 0.1) is 0 Å². The highest BCUT2D eigenvalue weighted by Gasteiger charge is 2.32. The van der Waals surface area contributed by atoms with Crippen LogP contribution in [0.25, 0.3) is 0 Å². The third kappa shape index (κ3) is 3.25. The maximum atomic E-state index is 12.1. The molecule has 1 heterocycles. The number of carbonyl (C=O) groups excluding carboxylic acids is 1. The van der Waals surface area contributed by atoms with Crippen molar-refractivity contribution < 1.29 is 4.79 Å². The Morgan fingerprint density at radius 2 is 1.90 bits per heavy atom. The van der Waals surface area contributed by atoms with Gasteiger partial charge in [0, 0.05) is 43.8 Å². The number of hydrogen-bond acceptors (Lipinski definition) is 2. The topological polar surface area (TPSA) is 35.6 Å². The van der Waals surface area contributed by atoms with Crippen molar-refractivity contribution in [2.45, 2.75) is 25.4 Å². The van der Waals surface area contributed by atoms with E-state index in [0.29, 0.717) is 11.6 Å². The van der Waals surface area contributed by atoms with E-state index in [-0.39, 0.29) is 6.03 Å². The van der Waals surface area contributed by atoms with Crippen LogP contribution in [0.1, 0.15) is 18.4 Å². The molecule has 3 rings (SSSR count). The molecule has 1 N–H and O–H groups in total. The van der Waals surface area contributed by atoms with Crippen LogP contribution in [0.15, 0.2) is 24.3 Å². The Hall–Kier alpha value is -1.26. The van der Waals surface area contributed by atoms with E-state index in [0.717, 1.165) is 37.8 Å². The Balaban J connectivity index is 1.46. The number of nitrogens with zero attached hydrogens (tertiary/aromatic N) is 2. The van der Waals surface area contributed by atoms with Crippen LogP contribution in [0.2, 0.25) is 5.02 Å². The fourth-order valence-electron chi connectivity index (χ4n) is 2.65. The molecule has 108 valence electrons. The molecule has 1 saturated carbocycles. The molecule has 0 unspecified atom stereocenters. The number of amides is 2. The normalized spacial score (nSPS) is 19.9. The molecule has 4 nitrogen and oxygen atoms in total. The van der Waals surface area contributed by atoms with E-state index in [1.54, 1.807) is 0 Å². The summed E-state index contributed by atoms with van der Waals surface area (Å²) < 4.78 is 0. The van der Waals surface area contributed by atoms with Gasteiger partial charge in [0.25, 0.3) is 0 Å². The highest BCUT2D eigenvalue weighted by molar-refractivity contribution is 6.31. The lowest BCUT2D eigenvalue weighted by Crippen LogP contribution is -2.52. The molecule has 0 radical (unpaired) electrons. The smallest absolute Gasteiger partial charge is 0.317 e. The molecule has 2 aliphatic rings. The first-order chi connectivity index (χ1) is 9.74.